The first-order chi connectivity index (χ1) is 11.5. The molecule has 4 rings (SSSR count). The van der Waals surface area contributed by atoms with E-state index in [1.165, 1.54) is 0 Å². The Morgan fingerprint density at radius 3 is 2.50 bits per heavy atom. The average molecular weight is 319 g/mol. The molecule has 2 aromatic heterocycles. The van der Waals surface area contributed by atoms with Crippen LogP contribution in [-0.4, -0.2) is 15.9 Å². The van der Waals surface area contributed by atoms with Gasteiger partial charge in [0.15, 0.2) is 11.7 Å². The summed E-state index contributed by atoms with van der Waals surface area (Å²) in [5.41, 5.74) is 4.68. The highest BCUT2D eigenvalue weighted by molar-refractivity contribution is 6.09. The molecule has 4 nitrogen and oxygen atoms in total. The van der Waals surface area contributed by atoms with E-state index in [0.717, 1.165) is 39.5 Å². The molecule has 0 N–H and O–H groups in total. The average Bonchev–Trinajstić information content (AvgIpc) is 3.07. The smallest absolute Gasteiger partial charge is 0.227 e. The Kier molecular flexibility index (Phi) is 3.30. The van der Waals surface area contributed by atoms with Gasteiger partial charge in [-0.1, -0.05) is 12.1 Å². The van der Waals surface area contributed by atoms with Crippen molar-refractivity contribution in [2.45, 2.75) is 33.7 Å². The largest absolute Gasteiger partial charge is 0.435 e. The highest BCUT2D eigenvalue weighted by atomic mass is 16.3. The van der Waals surface area contributed by atoms with Crippen molar-refractivity contribution in [3.8, 4) is 0 Å². The molecule has 0 saturated carbocycles. The first-order valence-corrected chi connectivity index (χ1v) is 8.21. The van der Waals surface area contributed by atoms with Crippen molar-refractivity contribution in [1.82, 2.24) is 9.88 Å². The minimum Gasteiger partial charge on any atom is -0.435 e. The Morgan fingerprint density at radius 1 is 1.04 bits per heavy atom. The van der Waals surface area contributed by atoms with Crippen molar-refractivity contribution < 1.29 is 4.42 Å². The standard InChI is InChI=1S/C20H21N3O/c1-12(2)22-10-11-23(15(22)5)18-13(3)6-8-16-17-9-7-14(4)21-20(17)24-19(16)18/h6-12H,5H2,1-4H3. The quantitative estimate of drug-likeness (QED) is 0.671. The molecule has 0 aliphatic carbocycles. The number of aryl methyl sites for hydroxylation is 2. The van der Waals surface area contributed by atoms with Gasteiger partial charge >= 0.3 is 0 Å². The molecule has 24 heavy (non-hydrogen) atoms. The number of hydrogen-bond donors (Lipinski definition) is 0. The minimum absolute atomic E-state index is 0.359. The lowest BCUT2D eigenvalue weighted by Gasteiger charge is -2.31. The number of benzene rings is 1. The first-order valence-electron chi connectivity index (χ1n) is 8.21. The van der Waals surface area contributed by atoms with E-state index in [4.69, 9.17) is 4.42 Å². The predicted molar refractivity (Wildman–Crippen MR) is 98.2 cm³/mol. The second-order valence-corrected chi connectivity index (χ2v) is 6.60. The van der Waals surface area contributed by atoms with Crippen LogP contribution in [0.1, 0.15) is 25.1 Å². The third-order valence-electron chi connectivity index (χ3n) is 4.57. The maximum Gasteiger partial charge on any atom is 0.227 e. The van der Waals surface area contributed by atoms with Gasteiger partial charge in [0, 0.05) is 34.9 Å². The summed E-state index contributed by atoms with van der Waals surface area (Å²) >= 11 is 0. The van der Waals surface area contributed by atoms with Gasteiger partial charge < -0.3 is 14.2 Å². The van der Waals surface area contributed by atoms with Gasteiger partial charge in [-0.2, -0.15) is 0 Å². The Balaban J connectivity index is 1.94. The predicted octanol–water partition coefficient (Wildman–Crippen LogP) is 4.92. The lowest BCUT2D eigenvalue weighted by atomic mass is 10.1. The lowest BCUT2D eigenvalue weighted by Crippen LogP contribution is -2.33. The Hall–Kier alpha value is -2.49. The van der Waals surface area contributed by atoms with Crippen molar-refractivity contribution >= 4 is 27.8 Å². The molecule has 4 heteroatoms. The van der Waals surface area contributed by atoms with E-state index in [9.17, 15) is 0 Å². The summed E-state index contributed by atoms with van der Waals surface area (Å²) in [7, 11) is 0. The summed E-state index contributed by atoms with van der Waals surface area (Å²) in [5, 5.41) is 2.13. The Bertz CT molecular complexity index is 954. The van der Waals surface area contributed by atoms with Crippen LogP contribution in [0.3, 0.4) is 0 Å². The molecule has 0 bridgehead atoms. The molecule has 3 aromatic rings. The van der Waals surface area contributed by atoms with Crippen LogP contribution in [0.25, 0.3) is 22.1 Å². The Labute approximate surface area is 142 Å². The number of nitrogens with zero attached hydrogens (tertiary/aromatic N) is 3. The summed E-state index contributed by atoms with van der Waals surface area (Å²) in [6, 6.07) is 8.70. The molecular formula is C20H21N3O. The number of aromatic nitrogens is 1. The highest BCUT2D eigenvalue weighted by Gasteiger charge is 2.30. The van der Waals surface area contributed by atoms with Gasteiger partial charge in [-0.05, 0) is 52.3 Å². The summed E-state index contributed by atoms with van der Waals surface area (Å²) in [4.78, 5) is 8.80. The number of pyridine rings is 1. The van der Waals surface area contributed by atoms with Gasteiger partial charge in [-0.25, -0.2) is 4.98 Å². The van der Waals surface area contributed by atoms with Crippen LogP contribution in [0.5, 0.6) is 0 Å². The molecule has 122 valence electrons. The SMILES string of the molecule is [CH2][C]1N(c2c(C)ccc3c2oc2nc(C)ccc23)C=CN1C(C)C. The van der Waals surface area contributed by atoms with E-state index in [1.807, 2.05) is 13.0 Å². The molecule has 1 aromatic carbocycles. The van der Waals surface area contributed by atoms with Crippen molar-refractivity contribution in [2.24, 2.45) is 0 Å². The molecule has 0 unspecified atom stereocenters. The maximum absolute atomic E-state index is 6.16. The number of hydrogen-bond acceptors (Lipinski definition) is 4. The van der Waals surface area contributed by atoms with Crippen molar-refractivity contribution in [3.63, 3.8) is 0 Å². The van der Waals surface area contributed by atoms with Crippen molar-refractivity contribution in [2.75, 3.05) is 4.90 Å². The number of fused-ring (bicyclic) bond motifs is 3. The van der Waals surface area contributed by atoms with Crippen molar-refractivity contribution in [1.29, 1.82) is 0 Å². The van der Waals surface area contributed by atoms with E-state index >= 15 is 0 Å². The fourth-order valence-electron chi connectivity index (χ4n) is 3.31. The van der Waals surface area contributed by atoms with E-state index in [2.05, 4.69) is 73.1 Å². The van der Waals surface area contributed by atoms with Gasteiger partial charge in [-0.3, -0.25) is 0 Å². The molecular weight excluding hydrogens is 298 g/mol. The van der Waals surface area contributed by atoms with Crippen LogP contribution < -0.4 is 4.90 Å². The van der Waals surface area contributed by atoms with E-state index < -0.39 is 0 Å². The molecule has 0 atom stereocenters. The third-order valence-corrected chi connectivity index (χ3v) is 4.57. The zero-order chi connectivity index (χ0) is 17.0. The topological polar surface area (TPSA) is 32.5 Å². The molecule has 0 fully saturated rings. The molecule has 0 spiro atoms. The Morgan fingerprint density at radius 2 is 1.79 bits per heavy atom. The second-order valence-electron chi connectivity index (χ2n) is 6.60. The third kappa shape index (κ3) is 2.09. The zero-order valence-electron chi connectivity index (χ0n) is 14.5. The lowest BCUT2D eigenvalue weighted by molar-refractivity contribution is 0.353. The molecule has 1 aliphatic heterocycles. The molecule has 0 amide bonds. The molecule has 3 heterocycles. The van der Waals surface area contributed by atoms with E-state index in [0.29, 0.717) is 11.8 Å². The van der Waals surface area contributed by atoms with Crippen LogP contribution in [-0.2, 0) is 0 Å². The normalized spacial score (nSPS) is 15.6. The molecule has 1 aliphatic rings. The second kappa shape index (κ2) is 5.26. The first kappa shape index (κ1) is 15.1. The fourth-order valence-corrected chi connectivity index (χ4v) is 3.31. The van der Waals surface area contributed by atoms with Crippen LogP contribution in [0.15, 0.2) is 41.1 Å². The zero-order valence-corrected chi connectivity index (χ0v) is 14.5. The summed E-state index contributed by atoms with van der Waals surface area (Å²) < 4.78 is 6.16. The van der Waals surface area contributed by atoms with E-state index in [1.54, 1.807) is 0 Å². The van der Waals surface area contributed by atoms with Gasteiger partial charge in [-0.15, -0.1) is 0 Å². The number of furan rings is 1. The van der Waals surface area contributed by atoms with Crippen LogP contribution >= 0.6 is 0 Å². The van der Waals surface area contributed by atoms with Gasteiger partial charge in [0.2, 0.25) is 5.71 Å². The minimum atomic E-state index is 0.359. The monoisotopic (exact) mass is 319 g/mol. The fraction of sp³-hybridized carbons (Fsp3) is 0.250. The maximum atomic E-state index is 6.16. The van der Waals surface area contributed by atoms with E-state index in [-0.39, 0.29) is 0 Å². The number of anilines is 1. The number of rotatable bonds is 2. The van der Waals surface area contributed by atoms with Gasteiger partial charge in [0.05, 0.1) is 5.69 Å². The van der Waals surface area contributed by atoms with Crippen molar-refractivity contribution in [3.05, 3.63) is 61.0 Å². The molecule has 0 saturated heterocycles. The van der Waals surface area contributed by atoms with Gasteiger partial charge in [0.1, 0.15) is 0 Å². The van der Waals surface area contributed by atoms with Crippen LogP contribution in [0.4, 0.5) is 5.69 Å². The van der Waals surface area contributed by atoms with Crippen LogP contribution in [0.2, 0.25) is 0 Å². The summed E-state index contributed by atoms with van der Waals surface area (Å²) in [6.45, 7) is 12.6. The molecule has 2 radical (unpaired) electrons. The van der Waals surface area contributed by atoms with Gasteiger partial charge in [0.25, 0.3) is 0 Å². The summed E-state index contributed by atoms with van der Waals surface area (Å²) in [5.74, 6) is 0. The highest BCUT2D eigenvalue weighted by Crippen LogP contribution is 2.41. The summed E-state index contributed by atoms with van der Waals surface area (Å²) in [6.07, 6.45) is 5.05. The van der Waals surface area contributed by atoms with Crippen LogP contribution in [0, 0.1) is 26.9 Å².